The molecule has 0 bridgehead atoms. The van der Waals surface area contributed by atoms with Crippen LogP contribution >= 0.6 is 0 Å². The van der Waals surface area contributed by atoms with Crippen LogP contribution in [0.1, 0.15) is 58.8 Å². The Hall–Kier alpha value is 0.756. The van der Waals surface area contributed by atoms with E-state index in [-0.39, 0.29) is 51.4 Å². The molecule has 0 aromatic carbocycles. The topological polar surface area (TPSA) is 83.5 Å². The first-order chi connectivity index (χ1) is 9.22. The van der Waals surface area contributed by atoms with Crippen LogP contribution in [0.5, 0.6) is 0 Å². The van der Waals surface area contributed by atoms with E-state index in [9.17, 15) is 17.8 Å². The number of carbonyl (C=O) groups is 1. The average Bonchev–Trinajstić information content (AvgIpc) is 2.31. The molecule has 0 aliphatic heterocycles. The fourth-order valence-corrected chi connectivity index (χ4v) is 3.04. The van der Waals surface area contributed by atoms with Crippen LogP contribution in [0, 0.1) is 0 Å². The summed E-state index contributed by atoms with van der Waals surface area (Å²) in [5.41, 5.74) is -1.27. The fourth-order valence-electron chi connectivity index (χ4n) is 2.09. The first-order valence-electron chi connectivity index (χ1n) is 7.01. The Labute approximate surface area is 171 Å². The molecule has 0 heterocycles. The molecule has 0 aliphatic rings. The zero-order chi connectivity index (χ0) is 15.6. The van der Waals surface area contributed by atoms with E-state index in [2.05, 4.69) is 13.5 Å². The quantitative estimate of drug-likeness (QED) is 0.170. The van der Waals surface area contributed by atoms with Gasteiger partial charge in [-0.2, -0.15) is 0 Å². The number of rotatable bonds is 11. The largest absolute Gasteiger partial charge is 1.00 e. The van der Waals surface area contributed by atoms with Gasteiger partial charge < -0.3 is 9.29 Å². The smallest absolute Gasteiger partial charge is 0.748 e. The number of unbranched alkanes of at least 4 members (excludes halogenated alkanes) is 5. The zero-order valence-corrected chi connectivity index (χ0v) is 17.3. The molecule has 0 fully saturated rings. The van der Waals surface area contributed by atoms with E-state index in [0.717, 1.165) is 38.2 Å². The third-order valence-electron chi connectivity index (χ3n) is 3.05. The predicted octanol–water partition coefficient (Wildman–Crippen LogP) is -0.226. The number of carbonyl (C=O) groups excluding carboxylic acids is 1. The zero-order valence-electron chi connectivity index (χ0n) is 13.4. The van der Waals surface area contributed by atoms with Gasteiger partial charge in [0.15, 0.2) is 0 Å². The van der Waals surface area contributed by atoms with Gasteiger partial charge in [0.2, 0.25) is 0 Å². The molecule has 1 unspecified atom stereocenters. The van der Waals surface area contributed by atoms with E-state index in [1.165, 1.54) is 13.3 Å². The number of esters is 1. The van der Waals surface area contributed by atoms with Crippen molar-refractivity contribution in [3.8, 4) is 0 Å². The predicted molar refractivity (Wildman–Crippen MR) is 77.3 cm³/mol. The van der Waals surface area contributed by atoms with Crippen molar-refractivity contribution in [3.63, 3.8) is 0 Å². The molecule has 0 radical (unpaired) electrons. The van der Waals surface area contributed by atoms with Crippen molar-refractivity contribution in [3.05, 3.63) is 12.7 Å². The van der Waals surface area contributed by atoms with Crippen LogP contribution in [0.15, 0.2) is 12.7 Å². The van der Waals surface area contributed by atoms with Crippen molar-refractivity contribution in [2.45, 2.75) is 64.4 Å². The Kier molecular flexibility index (Phi) is 14.0. The van der Waals surface area contributed by atoms with Gasteiger partial charge in [0.25, 0.3) is 0 Å². The van der Waals surface area contributed by atoms with E-state index in [1.54, 1.807) is 0 Å². The van der Waals surface area contributed by atoms with Gasteiger partial charge in [0.1, 0.15) is 5.60 Å². The van der Waals surface area contributed by atoms with Crippen molar-refractivity contribution in [1.82, 2.24) is 0 Å². The molecule has 0 aliphatic carbocycles. The molecule has 1 atom stereocenters. The summed E-state index contributed by atoms with van der Waals surface area (Å²) >= 11 is 0. The Balaban J connectivity index is 0. The van der Waals surface area contributed by atoms with Gasteiger partial charge in [-0.1, -0.05) is 45.6 Å². The minimum Gasteiger partial charge on any atom is -0.748 e. The molecule has 0 amide bonds. The molecule has 21 heavy (non-hydrogen) atoms. The van der Waals surface area contributed by atoms with Crippen molar-refractivity contribution >= 4 is 16.1 Å². The Bertz CT molecular complexity index is 408. The summed E-state index contributed by atoms with van der Waals surface area (Å²) in [5.74, 6) is -1.41. The SMILES string of the molecule is C=CC(=O)OC(C)(CCCCCCCC)CS(=O)(=O)[O-].[K+]. The van der Waals surface area contributed by atoms with E-state index in [4.69, 9.17) is 4.74 Å². The van der Waals surface area contributed by atoms with Gasteiger partial charge in [0, 0.05) is 6.08 Å². The molecule has 0 N–H and O–H groups in total. The summed E-state index contributed by atoms with van der Waals surface area (Å²) in [6, 6.07) is 0. The molecule has 118 valence electrons. The van der Waals surface area contributed by atoms with Crippen LogP contribution in [-0.2, 0) is 19.6 Å². The van der Waals surface area contributed by atoms with Crippen LogP contribution in [-0.4, -0.2) is 30.3 Å². The molecule has 0 spiro atoms. The maximum absolute atomic E-state index is 11.3. The molecule has 0 rings (SSSR count). The molecule has 0 saturated heterocycles. The van der Waals surface area contributed by atoms with Crippen molar-refractivity contribution in [2.75, 3.05) is 5.75 Å². The van der Waals surface area contributed by atoms with E-state index in [0.29, 0.717) is 6.42 Å². The molecule has 0 aromatic rings. The second-order valence-corrected chi connectivity index (χ2v) is 6.70. The van der Waals surface area contributed by atoms with Crippen molar-refractivity contribution < 1.29 is 73.9 Å². The third kappa shape index (κ3) is 14.1. The minimum atomic E-state index is -4.45. The van der Waals surface area contributed by atoms with Gasteiger partial charge in [0.05, 0.1) is 15.9 Å². The minimum absolute atomic E-state index is 0. The average molecular weight is 345 g/mol. The summed E-state index contributed by atoms with van der Waals surface area (Å²) < 4.78 is 37.8. The molecule has 5 nitrogen and oxygen atoms in total. The summed E-state index contributed by atoms with van der Waals surface area (Å²) in [6.07, 6.45) is 7.51. The summed E-state index contributed by atoms with van der Waals surface area (Å²) in [4.78, 5) is 11.3. The molecule has 0 saturated carbocycles. The van der Waals surface area contributed by atoms with E-state index >= 15 is 0 Å². The molecule has 7 heteroatoms. The van der Waals surface area contributed by atoms with E-state index in [1.807, 2.05) is 0 Å². The third-order valence-corrected chi connectivity index (χ3v) is 4.02. The first-order valence-corrected chi connectivity index (χ1v) is 8.59. The van der Waals surface area contributed by atoms with Crippen LogP contribution in [0.2, 0.25) is 0 Å². The van der Waals surface area contributed by atoms with Crippen molar-refractivity contribution in [2.24, 2.45) is 0 Å². The van der Waals surface area contributed by atoms with Crippen LogP contribution in [0.3, 0.4) is 0 Å². The summed E-state index contributed by atoms with van der Waals surface area (Å²) in [5, 5.41) is 0. The van der Waals surface area contributed by atoms with Gasteiger partial charge in [-0.25, -0.2) is 13.2 Å². The van der Waals surface area contributed by atoms with Crippen LogP contribution in [0.4, 0.5) is 0 Å². The second kappa shape index (κ2) is 12.2. The Morgan fingerprint density at radius 3 is 2.24 bits per heavy atom. The second-order valence-electron chi connectivity index (χ2n) is 5.29. The first kappa shape index (κ1) is 24.0. The normalized spacial score (nSPS) is 13.9. The molecule has 0 aromatic heterocycles. The molecular weight excluding hydrogens is 319 g/mol. The molecular formula is C14H25KO5S. The van der Waals surface area contributed by atoms with Gasteiger partial charge in [-0.3, -0.25) is 0 Å². The summed E-state index contributed by atoms with van der Waals surface area (Å²) in [7, 11) is -4.45. The standard InChI is InChI=1S/C14H26O5S.K/c1-4-6-7-8-9-10-11-14(3,12-20(16,17)18)19-13(15)5-2;/h5H,2,4,6-12H2,1,3H3,(H,16,17,18);/q;+1/p-1. The van der Waals surface area contributed by atoms with Gasteiger partial charge in [-0.15, -0.1) is 0 Å². The fraction of sp³-hybridized carbons (Fsp3) is 0.786. The maximum atomic E-state index is 11.3. The number of hydrogen-bond donors (Lipinski definition) is 0. The Morgan fingerprint density at radius 1 is 1.24 bits per heavy atom. The van der Waals surface area contributed by atoms with E-state index < -0.39 is 27.4 Å². The number of ether oxygens (including phenoxy) is 1. The van der Waals surface area contributed by atoms with Crippen molar-refractivity contribution in [1.29, 1.82) is 0 Å². The maximum Gasteiger partial charge on any atom is 1.00 e. The Morgan fingerprint density at radius 2 is 1.76 bits per heavy atom. The monoisotopic (exact) mass is 344 g/mol. The number of hydrogen-bond acceptors (Lipinski definition) is 5. The van der Waals surface area contributed by atoms with Crippen LogP contribution < -0.4 is 51.4 Å². The van der Waals surface area contributed by atoms with Crippen LogP contribution in [0.25, 0.3) is 0 Å². The van der Waals surface area contributed by atoms with Gasteiger partial charge in [-0.05, 0) is 19.8 Å². The van der Waals surface area contributed by atoms with Gasteiger partial charge >= 0.3 is 57.4 Å². The summed E-state index contributed by atoms with van der Waals surface area (Å²) in [6.45, 7) is 6.88.